The van der Waals surface area contributed by atoms with E-state index in [9.17, 15) is 18.0 Å². The molecule has 2 aromatic rings. The van der Waals surface area contributed by atoms with Gasteiger partial charge in [-0.3, -0.25) is 4.79 Å². The van der Waals surface area contributed by atoms with Crippen LogP contribution in [0, 0.1) is 0 Å². The highest BCUT2D eigenvalue weighted by atomic mass is 19.4. The van der Waals surface area contributed by atoms with Crippen LogP contribution in [0.15, 0.2) is 43.0 Å². The Labute approximate surface area is 137 Å². The molecule has 24 heavy (non-hydrogen) atoms. The molecule has 1 heterocycles. The third kappa shape index (κ3) is 5.62. The van der Waals surface area contributed by atoms with Crippen LogP contribution in [-0.4, -0.2) is 35.1 Å². The Kier molecular flexibility index (Phi) is 5.86. The van der Waals surface area contributed by atoms with Crippen molar-refractivity contribution < 1.29 is 18.0 Å². The van der Waals surface area contributed by atoms with E-state index in [1.807, 2.05) is 24.3 Å². The van der Waals surface area contributed by atoms with Gasteiger partial charge in [-0.25, -0.2) is 9.97 Å². The zero-order chi connectivity index (χ0) is 17.6. The molecule has 5 nitrogen and oxygen atoms in total. The average Bonchev–Trinajstić information content (AvgIpc) is 2.54. The summed E-state index contributed by atoms with van der Waals surface area (Å²) in [6.07, 6.45) is 0.504. The number of nitrogens with one attached hydrogen (secondary N) is 2. The van der Waals surface area contributed by atoms with Gasteiger partial charge in [0, 0.05) is 18.0 Å². The van der Waals surface area contributed by atoms with Crippen molar-refractivity contribution in [1.29, 1.82) is 0 Å². The van der Waals surface area contributed by atoms with Crippen molar-refractivity contribution in [1.82, 2.24) is 20.6 Å². The van der Waals surface area contributed by atoms with Crippen molar-refractivity contribution in [2.75, 3.05) is 13.1 Å². The van der Waals surface area contributed by atoms with Crippen molar-refractivity contribution in [2.45, 2.75) is 19.1 Å². The van der Waals surface area contributed by atoms with Crippen molar-refractivity contribution in [3.63, 3.8) is 0 Å². The number of hydrogen-bond donors (Lipinski definition) is 2. The van der Waals surface area contributed by atoms with Crippen molar-refractivity contribution in [3.8, 4) is 11.1 Å². The van der Waals surface area contributed by atoms with E-state index in [1.54, 1.807) is 19.3 Å². The van der Waals surface area contributed by atoms with E-state index in [1.165, 1.54) is 6.33 Å². The Balaban J connectivity index is 1.88. The number of carbonyl (C=O) groups excluding carboxylic acids is 1. The molecular weight excluding hydrogens is 321 g/mol. The molecule has 0 fully saturated rings. The number of halogens is 3. The van der Waals surface area contributed by atoms with Crippen LogP contribution in [-0.2, 0) is 4.79 Å². The van der Waals surface area contributed by atoms with E-state index in [-0.39, 0.29) is 12.6 Å². The molecule has 1 aromatic carbocycles. The maximum atomic E-state index is 12.0. The van der Waals surface area contributed by atoms with Gasteiger partial charge in [0.2, 0.25) is 5.91 Å². The zero-order valence-corrected chi connectivity index (χ0v) is 13.0. The third-order valence-electron chi connectivity index (χ3n) is 3.29. The van der Waals surface area contributed by atoms with Gasteiger partial charge in [0.05, 0.1) is 19.1 Å². The summed E-state index contributed by atoms with van der Waals surface area (Å²) in [5.41, 5.74) is 2.65. The summed E-state index contributed by atoms with van der Waals surface area (Å²) in [5, 5.41) is 4.71. The first-order valence-corrected chi connectivity index (χ1v) is 7.27. The van der Waals surface area contributed by atoms with E-state index in [4.69, 9.17) is 0 Å². The predicted molar refractivity (Wildman–Crippen MR) is 83.0 cm³/mol. The van der Waals surface area contributed by atoms with Gasteiger partial charge >= 0.3 is 6.18 Å². The van der Waals surface area contributed by atoms with Gasteiger partial charge in [0.15, 0.2) is 0 Å². The minimum Gasteiger partial charge on any atom is -0.348 e. The molecule has 8 heteroatoms. The summed E-state index contributed by atoms with van der Waals surface area (Å²) >= 11 is 0. The number of nitrogens with zero attached hydrogens (tertiary/aromatic N) is 2. The lowest BCUT2D eigenvalue weighted by Crippen LogP contribution is -2.39. The molecule has 0 bridgehead atoms. The van der Waals surface area contributed by atoms with Crippen LogP contribution in [0.4, 0.5) is 13.2 Å². The second-order valence-electron chi connectivity index (χ2n) is 5.26. The van der Waals surface area contributed by atoms with Gasteiger partial charge in [-0.1, -0.05) is 24.3 Å². The zero-order valence-electron chi connectivity index (χ0n) is 13.0. The number of rotatable bonds is 6. The third-order valence-corrected chi connectivity index (χ3v) is 3.29. The van der Waals surface area contributed by atoms with Gasteiger partial charge in [0.25, 0.3) is 0 Å². The molecule has 0 saturated heterocycles. The lowest BCUT2D eigenvalue weighted by molar-refractivity contribution is -0.128. The highest BCUT2D eigenvalue weighted by Gasteiger charge is 2.26. The van der Waals surface area contributed by atoms with E-state index in [0.717, 1.165) is 16.7 Å². The molecule has 0 aliphatic rings. The van der Waals surface area contributed by atoms with Crippen molar-refractivity contribution in [3.05, 3.63) is 48.5 Å². The van der Waals surface area contributed by atoms with Crippen LogP contribution in [0.1, 0.15) is 18.5 Å². The SMILES string of the molecule is C[C@@H](NC(=O)CNCC(F)(F)F)c1ccc(-c2cncnc2)cc1. The predicted octanol–water partition coefficient (Wildman–Crippen LogP) is 2.47. The maximum absolute atomic E-state index is 12.0. The standard InChI is InChI=1S/C16H17F3N4O/c1-11(23-15(24)8-20-9-16(17,18)19)12-2-4-13(5-3-12)14-6-21-10-22-7-14/h2-7,10-11,20H,8-9H2,1H3,(H,23,24)/t11-/m1/s1. The largest absolute Gasteiger partial charge is 0.401 e. The fraction of sp³-hybridized carbons (Fsp3) is 0.312. The maximum Gasteiger partial charge on any atom is 0.401 e. The molecule has 0 radical (unpaired) electrons. The van der Waals surface area contributed by atoms with Crippen LogP contribution in [0.2, 0.25) is 0 Å². The molecule has 0 saturated carbocycles. The molecule has 128 valence electrons. The summed E-state index contributed by atoms with van der Waals surface area (Å²) in [4.78, 5) is 19.5. The Morgan fingerprint density at radius 2 is 1.75 bits per heavy atom. The van der Waals surface area contributed by atoms with Gasteiger partial charge in [-0.05, 0) is 18.1 Å². The molecule has 2 rings (SSSR count). The summed E-state index contributed by atoms with van der Waals surface area (Å²) in [6.45, 7) is 0.189. The molecule has 0 spiro atoms. The lowest BCUT2D eigenvalue weighted by atomic mass is 10.0. The number of carbonyl (C=O) groups is 1. The molecule has 1 aromatic heterocycles. The minimum atomic E-state index is -4.33. The highest BCUT2D eigenvalue weighted by molar-refractivity contribution is 5.78. The normalized spacial score (nSPS) is 12.7. The summed E-state index contributed by atoms with van der Waals surface area (Å²) in [7, 11) is 0. The Bertz CT molecular complexity index is 659. The molecule has 0 aliphatic carbocycles. The quantitative estimate of drug-likeness (QED) is 0.849. The Morgan fingerprint density at radius 1 is 1.12 bits per heavy atom. The van der Waals surface area contributed by atoms with Gasteiger partial charge in [0.1, 0.15) is 6.33 Å². The molecule has 2 N–H and O–H groups in total. The number of hydrogen-bond acceptors (Lipinski definition) is 4. The highest BCUT2D eigenvalue weighted by Crippen LogP contribution is 2.20. The summed E-state index contributed by atoms with van der Waals surface area (Å²) < 4.78 is 36.0. The van der Waals surface area contributed by atoms with Crippen LogP contribution in [0.3, 0.4) is 0 Å². The summed E-state index contributed by atoms with van der Waals surface area (Å²) in [5.74, 6) is -0.493. The number of aromatic nitrogens is 2. The molecule has 0 unspecified atom stereocenters. The van der Waals surface area contributed by atoms with Gasteiger partial charge in [-0.15, -0.1) is 0 Å². The van der Waals surface area contributed by atoms with E-state index in [2.05, 4.69) is 20.6 Å². The first kappa shape index (κ1) is 17.9. The van der Waals surface area contributed by atoms with E-state index in [0.29, 0.717) is 0 Å². The Hall–Kier alpha value is -2.48. The molecule has 1 amide bonds. The Morgan fingerprint density at radius 3 is 2.33 bits per heavy atom. The lowest BCUT2D eigenvalue weighted by Gasteiger charge is -2.15. The average molecular weight is 338 g/mol. The minimum absolute atomic E-state index is 0.314. The fourth-order valence-electron chi connectivity index (χ4n) is 2.11. The number of amides is 1. The van der Waals surface area contributed by atoms with E-state index >= 15 is 0 Å². The van der Waals surface area contributed by atoms with Crippen LogP contribution in [0.5, 0.6) is 0 Å². The van der Waals surface area contributed by atoms with Crippen molar-refractivity contribution >= 4 is 5.91 Å². The number of alkyl halides is 3. The summed E-state index contributed by atoms with van der Waals surface area (Å²) in [6, 6.07) is 7.12. The molecule has 1 atom stereocenters. The molecule has 0 aliphatic heterocycles. The first-order chi connectivity index (χ1) is 11.3. The van der Waals surface area contributed by atoms with Gasteiger partial charge < -0.3 is 10.6 Å². The number of benzene rings is 1. The monoisotopic (exact) mass is 338 g/mol. The van der Waals surface area contributed by atoms with E-state index < -0.39 is 18.6 Å². The topological polar surface area (TPSA) is 66.9 Å². The van der Waals surface area contributed by atoms with Crippen LogP contribution in [0.25, 0.3) is 11.1 Å². The smallest absolute Gasteiger partial charge is 0.348 e. The first-order valence-electron chi connectivity index (χ1n) is 7.27. The van der Waals surface area contributed by atoms with Gasteiger partial charge in [-0.2, -0.15) is 13.2 Å². The van der Waals surface area contributed by atoms with Crippen LogP contribution < -0.4 is 10.6 Å². The second kappa shape index (κ2) is 7.87. The fourth-order valence-corrected chi connectivity index (χ4v) is 2.11. The van der Waals surface area contributed by atoms with Crippen LogP contribution >= 0.6 is 0 Å². The second-order valence-corrected chi connectivity index (χ2v) is 5.26. The molecular formula is C16H17F3N4O. The van der Waals surface area contributed by atoms with Crippen molar-refractivity contribution in [2.24, 2.45) is 0 Å².